The summed E-state index contributed by atoms with van der Waals surface area (Å²) in [6, 6.07) is 2.35. The number of amides is 1. The third kappa shape index (κ3) is 6.05. The third-order valence-electron chi connectivity index (χ3n) is 4.13. The molecule has 0 aromatic rings. The van der Waals surface area contributed by atoms with Crippen molar-refractivity contribution in [3.05, 3.63) is 0 Å². The minimum Gasteiger partial charge on any atom is -0.340 e. The van der Waals surface area contributed by atoms with Crippen molar-refractivity contribution in [3.8, 4) is 6.07 Å². The number of nitriles is 1. The summed E-state index contributed by atoms with van der Waals surface area (Å²) in [7, 11) is 0. The molecule has 1 amide bonds. The molecule has 1 aliphatic rings. The van der Waals surface area contributed by atoms with Crippen LogP contribution in [0.5, 0.6) is 0 Å². The standard InChI is InChI=1S/C17H31N3O/c1-6-15(13-18)19-7-9-20(10-8-19)16(21)11-14(2)12-17(3,4)5/h14-15H,6-12H2,1-5H3. The van der Waals surface area contributed by atoms with Gasteiger partial charge in [0.2, 0.25) is 5.91 Å². The number of nitrogens with zero attached hydrogens (tertiary/aromatic N) is 3. The van der Waals surface area contributed by atoms with E-state index in [0.717, 1.165) is 39.0 Å². The molecule has 0 aliphatic carbocycles. The highest BCUT2D eigenvalue weighted by molar-refractivity contribution is 5.76. The molecular formula is C17H31N3O. The zero-order chi connectivity index (χ0) is 16.0. The number of piperazine rings is 1. The van der Waals surface area contributed by atoms with Gasteiger partial charge in [0, 0.05) is 32.6 Å². The molecule has 2 atom stereocenters. The Labute approximate surface area is 130 Å². The van der Waals surface area contributed by atoms with E-state index in [-0.39, 0.29) is 17.4 Å². The summed E-state index contributed by atoms with van der Waals surface area (Å²) < 4.78 is 0. The van der Waals surface area contributed by atoms with Gasteiger partial charge in [-0.15, -0.1) is 0 Å². The molecular weight excluding hydrogens is 262 g/mol. The highest BCUT2D eigenvalue weighted by Gasteiger charge is 2.26. The Morgan fingerprint density at radius 1 is 1.24 bits per heavy atom. The molecule has 21 heavy (non-hydrogen) atoms. The summed E-state index contributed by atoms with van der Waals surface area (Å²) in [6.45, 7) is 14.1. The molecule has 0 bridgehead atoms. The number of carbonyl (C=O) groups is 1. The molecule has 4 heteroatoms. The van der Waals surface area contributed by atoms with Crippen molar-refractivity contribution in [2.45, 2.75) is 59.9 Å². The molecule has 120 valence electrons. The summed E-state index contributed by atoms with van der Waals surface area (Å²) in [5.74, 6) is 0.703. The van der Waals surface area contributed by atoms with Gasteiger partial charge in [-0.2, -0.15) is 5.26 Å². The Kier molecular flexibility index (Phi) is 6.67. The van der Waals surface area contributed by atoms with Crippen LogP contribution in [0.2, 0.25) is 0 Å². The van der Waals surface area contributed by atoms with Gasteiger partial charge in [0.15, 0.2) is 0 Å². The van der Waals surface area contributed by atoms with Gasteiger partial charge < -0.3 is 4.90 Å². The van der Waals surface area contributed by atoms with Gasteiger partial charge in [-0.1, -0.05) is 34.6 Å². The number of carbonyl (C=O) groups excluding carboxylic acids is 1. The molecule has 2 unspecified atom stereocenters. The molecule has 0 aromatic heterocycles. The molecule has 4 nitrogen and oxygen atoms in total. The minimum absolute atomic E-state index is 0.00191. The van der Waals surface area contributed by atoms with Crippen LogP contribution in [0.3, 0.4) is 0 Å². The van der Waals surface area contributed by atoms with Crippen LogP contribution < -0.4 is 0 Å². The van der Waals surface area contributed by atoms with Crippen LogP contribution in [-0.2, 0) is 4.79 Å². The number of hydrogen-bond donors (Lipinski definition) is 0. The molecule has 1 aliphatic heterocycles. The summed E-state index contributed by atoms with van der Waals surface area (Å²) in [4.78, 5) is 16.5. The van der Waals surface area contributed by atoms with Gasteiger partial charge in [-0.05, 0) is 24.2 Å². The zero-order valence-corrected chi connectivity index (χ0v) is 14.4. The van der Waals surface area contributed by atoms with Crippen LogP contribution in [0.1, 0.15) is 53.9 Å². The summed E-state index contributed by atoms with van der Waals surface area (Å²) in [6.07, 6.45) is 2.57. The maximum Gasteiger partial charge on any atom is 0.222 e. The first-order valence-electron chi connectivity index (χ1n) is 8.18. The van der Waals surface area contributed by atoms with Crippen LogP contribution in [0.25, 0.3) is 0 Å². The topological polar surface area (TPSA) is 47.3 Å². The zero-order valence-electron chi connectivity index (χ0n) is 14.4. The van der Waals surface area contributed by atoms with Crippen LogP contribution in [0.15, 0.2) is 0 Å². The highest BCUT2D eigenvalue weighted by atomic mass is 16.2. The van der Waals surface area contributed by atoms with E-state index >= 15 is 0 Å². The van der Waals surface area contributed by atoms with Gasteiger partial charge in [-0.3, -0.25) is 9.69 Å². The second-order valence-electron chi connectivity index (χ2n) is 7.54. The second-order valence-corrected chi connectivity index (χ2v) is 7.54. The van der Waals surface area contributed by atoms with E-state index in [2.05, 4.69) is 38.7 Å². The van der Waals surface area contributed by atoms with Crippen molar-refractivity contribution in [1.29, 1.82) is 5.26 Å². The van der Waals surface area contributed by atoms with Crippen molar-refractivity contribution in [2.24, 2.45) is 11.3 Å². The van der Waals surface area contributed by atoms with Crippen molar-refractivity contribution in [2.75, 3.05) is 26.2 Å². The number of rotatable bonds is 5. The second kappa shape index (κ2) is 7.79. The summed E-state index contributed by atoms with van der Waals surface area (Å²) in [5, 5.41) is 9.11. The SMILES string of the molecule is CCC(C#N)N1CCN(C(=O)CC(C)CC(C)(C)C)CC1. The van der Waals surface area contributed by atoms with Crippen LogP contribution in [-0.4, -0.2) is 47.9 Å². The van der Waals surface area contributed by atoms with Gasteiger partial charge in [-0.25, -0.2) is 0 Å². The van der Waals surface area contributed by atoms with Crippen LogP contribution in [0.4, 0.5) is 0 Å². The lowest BCUT2D eigenvalue weighted by Gasteiger charge is -2.37. The van der Waals surface area contributed by atoms with E-state index in [9.17, 15) is 4.79 Å². The maximum atomic E-state index is 12.4. The molecule has 1 saturated heterocycles. The third-order valence-corrected chi connectivity index (χ3v) is 4.13. The van der Waals surface area contributed by atoms with E-state index in [1.54, 1.807) is 0 Å². The fourth-order valence-electron chi connectivity index (χ4n) is 3.26. The Balaban J connectivity index is 2.40. The van der Waals surface area contributed by atoms with E-state index in [0.29, 0.717) is 12.3 Å². The van der Waals surface area contributed by atoms with Crippen LogP contribution >= 0.6 is 0 Å². The maximum absolute atomic E-state index is 12.4. The quantitative estimate of drug-likeness (QED) is 0.783. The molecule has 1 fully saturated rings. The van der Waals surface area contributed by atoms with Gasteiger partial charge in [0.1, 0.15) is 0 Å². The largest absolute Gasteiger partial charge is 0.340 e. The Hall–Kier alpha value is -1.08. The van der Waals surface area contributed by atoms with Gasteiger partial charge >= 0.3 is 0 Å². The molecule has 1 heterocycles. The van der Waals surface area contributed by atoms with E-state index in [4.69, 9.17) is 5.26 Å². The normalized spacial score (nSPS) is 19.9. The summed E-state index contributed by atoms with van der Waals surface area (Å²) >= 11 is 0. The Bertz CT molecular complexity index is 372. The van der Waals surface area contributed by atoms with Gasteiger partial charge in [0.05, 0.1) is 12.1 Å². The average molecular weight is 293 g/mol. The van der Waals surface area contributed by atoms with E-state index in [1.165, 1.54) is 0 Å². The smallest absolute Gasteiger partial charge is 0.222 e. The lowest BCUT2D eigenvalue weighted by atomic mass is 9.84. The first-order chi connectivity index (χ1) is 9.76. The fraction of sp³-hybridized carbons (Fsp3) is 0.882. The van der Waals surface area contributed by atoms with E-state index in [1.807, 2.05) is 11.8 Å². The first kappa shape index (κ1) is 18.0. The molecule has 1 rings (SSSR count). The van der Waals surface area contributed by atoms with E-state index < -0.39 is 0 Å². The first-order valence-corrected chi connectivity index (χ1v) is 8.18. The molecule has 0 aromatic carbocycles. The van der Waals surface area contributed by atoms with Crippen molar-refractivity contribution >= 4 is 5.91 Å². The Morgan fingerprint density at radius 2 is 1.81 bits per heavy atom. The fourth-order valence-corrected chi connectivity index (χ4v) is 3.26. The Morgan fingerprint density at radius 3 is 2.24 bits per heavy atom. The van der Waals surface area contributed by atoms with Crippen LogP contribution in [0, 0.1) is 22.7 Å². The summed E-state index contributed by atoms with van der Waals surface area (Å²) in [5.41, 5.74) is 0.277. The van der Waals surface area contributed by atoms with Crippen molar-refractivity contribution in [1.82, 2.24) is 9.80 Å². The molecule has 0 N–H and O–H groups in total. The van der Waals surface area contributed by atoms with Crippen molar-refractivity contribution < 1.29 is 4.79 Å². The highest BCUT2D eigenvalue weighted by Crippen LogP contribution is 2.26. The predicted octanol–water partition coefficient (Wildman–Crippen LogP) is 2.90. The molecule has 0 radical (unpaired) electrons. The lowest BCUT2D eigenvalue weighted by Crippen LogP contribution is -2.51. The number of hydrogen-bond acceptors (Lipinski definition) is 3. The molecule has 0 saturated carbocycles. The van der Waals surface area contributed by atoms with Crippen molar-refractivity contribution in [3.63, 3.8) is 0 Å². The van der Waals surface area contributed by atoms with Gasteiger partial charge in [0.25, 0.3) is 0 Å². The predicted molar refractivity (Wildman–Crippen MR) is 85.7 cm³/mol. The monoisotopic (exact) mass is 293 g/mol. The minimum atomic E-state index is 0.00191. The lowest BCUT2D eigenvalue weighted by molar-refractivity contribution is -0.134. The average Bonchev–Trinajstić information content (AvgIpc) is 2.38. The molecule has 0 spiro atoms.